The minimum Gasteiger partial charge on any atom is -0.424 e. The maximum absolute atomic E-state index is 11.9. The molecule has 4 heterocycles. The number of aromatic nitrogens is 5. The highest BCUT2D eigenvalue weighted by Crippen LogP contribution is 2.42. The molecule has 1 aliphatic rings. The second kappa shape index (κ2) is 8.46. The molecule has 2 aromatic carbocycles. The van der Waals surface area contributed by atoms with Crippen molar-refractivity contribution in [3.63, 3.8) is 0 Å². The molecule has 1 amide bonds. The van der Waals surface area contributed by atoms with Crippen LogP contribution in [0.4, 0.5) is 11.5 Å². The molecule has 0 aliphatic carbocycles. The van der Waals surface area contributed by atoms with Gasteiger partial charge in [-0.2, -0.15) is 0 Å². The van der Waals surface area contributed by atoms with Crippen molar-refractivity contribution in [2.24, 2.45) is 7.05 Å². The van der Waals surface area contributed by atoms with Gasteiger partial charge in [0, 0.05) is 43.2 Å². The Morgan fingerprint density at radius 2 is 1.69 bits per heavy atom. The second-order valence-electron chi connectivity index (χ2n) is 8.69. The van der Waals surface area contributed by atoms with Gasteiger partial charge in [0.2, 0.25) is 5.91 Å². The van der Waals surface area contributed by atoms with Crippen molar-refractivity contribution in [3.05, 3.63) is 72.8 Å². The van der Waals surface area contributed by atoms with Crippen LogP contribution in [0.3, 0.4) is 0 Å². The van der Waals surface area contributed by atoms with Gasteiger partial charge in [0.15, 0.2) is 0 Å². The van der Waals surface area contributed by atoms with E-state index in [1.165, 1.54) is 6.33 Å². The number of carbonyl (C=O) groups excluding carboxylic acids is 1. The normalized spacial score (nSPS) is 13.2. The lowest BCUT2D eigenvalue weighted by molar-refractivity contribution is -0.122. The van der Waals surface area contributed by atoms with E-state index in [1.807, 2.05) is 73.1 Å². The molecule has 5 aromatic rings. The molecule has 0 atom stereocenters. The predicted octanol–water partition coefficient (Wildman–Crippen LogP) is 4.51. The number of ether oxygens (including phenoxy) is 1. The first-order chi connectivity index (χ1) is 17.5. The van der Waals surface area contributed by atoms with E-state index in [2.05, 4.69) is 19.9 Å². The molecule has 1 aliphatic heterocycles. The molecule has 0 spiro atoms. The summed E-state index contributed by atoms with van der Waals surface area (Å²) in [6.07, 6.45) is 3.74. The number of amides is 1. The van der Waals surface area contributed by atoms with Crippen LogP contribution < -0.4 is 15.4 Å². The van der Waals surface area contributed by atoms with Crippen LogP contribution in [-0.4, -0.2) is 37.0 Å². The van der Waals surface area contributed by atoms with Crippen LogP contribution in [0.5, 0.6) is 11.8 Å². The van der Waals surface area contributed by atoms with Crippen molar-refractivity contribution in [1.82, 2.24) is 24.5 Å². The van der Waals surface area contributed by atoms with E-state index in [0.29, 0.717) is 24.0 Å². The first-order valence-corrected chi connectivity index (χ1v) is 11.6. The molecule has 0 unspecified atom stereocenters. The topological polar surface area (TPSA) is 112 Å². The SMILES string of the molecule is Cc1ccnc(Oc2ccc(-c3c(-c4ccc(N5CCC5=O)cc4)n(C)c4ncnc(N)c34)cc2)n1. The number of nitrogen functional groups attached to an aromatic ring is 1. The average molecular weight is 478 g/mol. The van der Waals surface area contributed by atoms with Gasteiger partial charge in [-0.25, -0.2) is 19.9 Å². The summed E-state index contributed by atoms with van der Waals surface area (Å²) >= 11 is 0. The van der Waals surface area contributed by atoms with Crippen LogP contribution in [0, 0.1) is 6.92 Å². The highest BCUT2D eigenvalue weighted by atomic mass is 16.5. The summed E-state index contributed by atoms with van der Waals surface area (Å²) < 4.78 is 7.86. The van der Waals surface area contributed by atoms with Crippen LogP contribution in [0.2, 0.25) is 0 Å². The fourth-order valence-electron chi connectivity index (χ4n) is 4.55. The van der Waals surface area contributed by atoms with Crippen LogP contribution >= 0.6 is 0 Å². The van der Waals surface area contributed by atoms with E-state index in [9.17, 15) is 4.79 Å². The largest absolute Gasteiger partial charge is 0.424 e. The molecule has 3 aromatic heterocycles. The van der Waals surface area contributed by atoms with Crippen molar-refractivity contribution in [1.29, 1.82) is 0 Å². The summed E-state index contributed by atoms with van der Waals surface area (Å²) in [5.74, 6) is 1.18. The van der Waals surface area contributed by atoms with E-state index in [1.54, 1.807) is 11.1 Å². The zero-order valence-corrected chi connectivity index (χ0v) is 19.8. The zero-order valence-electron chi connectivity index (χ0n) is 19.8. The Bertz CT molecular complexity index is 1610. The fraction of sp³-hybridized carbons (Fsp3) is 0.148. The Balaban J connectivity index is 1.44. The third-order valence-corrected chi connectivity index (χ3v) is 6.42. The van der Waals surface area contributed by atoms with E-state index >= 15 is 0 Å². The second-order valence-corrected chi connectivity index (χ2v) is 8.69. The van der Waals surface area contributed by atoms with Gasteiger partial charge in [0.05, 0.1) is 11.1 Å². The van der Waals surface area contributed by atoms with Gasteiger partial charge >= 0.3 is 6.01 Å². The summed E-state index contributed by atoms with van der Waals surface area (Å²) in [5.41, 5.74) is 12.6. The predicted molar refractivity (Wildman–Crippen MR) is 138 cm³/mol. The molecule has 36 heavy (non-hydrogen) atoms. The number of nitrogens with zero attached hydrogens (tertiary/aromatic N) is 6. The highest BCUT2D eigenvalue weighted by molar-refractivity contribution is 6.08. The summed E-state index contributed by atoms with van der Waals surface area (Å²) in [6, 6.07) is 17.8. The Morgan fingerprint density at radius 3 is 2.36 bits per heavy atom. The number of rotatable bonds is 5. The van der Waals surface area contributed by atoms with Crippen molar-refractivity contribution in [2.75, 3.05) is 17.2 Å². The molecule has 0 saturated carbocycles. The molecule has 1 saturated heterocycles. The van der Waals surface area contributed by atoms with Crippen molar-refractivity contribution in [3.8, 4) is 34.1 Å². The number of aryl methyl sites for hydroxylation is 2. The lowest BCUT2D eigenvalue weighted by Crippen LogP contribution is -2.43. The number of nitrogens with two attached hydrogens (primary N) is 1. The molecule has 9 nitrogen and oxygen atoms in total. The maximum atomic E-state index is 11.9. The summed E-state index contributed by atoms with van der Waals surface area (Å²) in [6.45, 7) is 2.64. The zero-order chi connectivity index (χ0) is 24.8. The lowest BCUT2D eigenvalue weighted by atomic mass is 9.98. The monoisotopic (exact) mass is 477 g/mol. The highest BCUT2D eigenvalue weighted by Gasteiger charge is 2.26. The fourth-order valence-corrected chi connectivity index (χ4v) is 4.55. The first-order valence-electron chi connectivity index (χ1n) is 11.6. The third kappa shape index (κ3) is 3.61. The summed E-state index contributed by atoms with van der Waals surface area (Å²) in [5, 5.41) is 0.785. The van der Waals surface area contributed by atoms with Crippen molar-refractivity contribution < 1.29 is 9.53 Å². The molecule has 1 fully saturated rings. The summed E-state index contributed by atoms with van der Waals surface area (Å²) in [7, 11) is 1.97. The van der Waals surface area contributed by atoms with Gasteiger partial charge in [0.25, 0.3) is 0 Å². The quantitative estimate of drug-likeness (QED) is 0.371. The Hall–Kier alpha value is -4.79. The molecular formula is C27H23N7O2. The number of fused-ring (bicyclic) bond motifs is 1. The maximum Gasteiger partial charge on any atom is 0.322 e. The molecular weight excluding hydrogens is 454 g/mol. The van der Waals surface area contributed by atoms with Gasteiger partial charge in [0.1, 0.15) is 23.5 Å². The summed E-state index contributed by atoms with van der Waals surface area (Å²) in [4.78, 5) is 30.9. The van der Waals surface area contributed by atoms with Crippen molar-refractivity contribution >= 4 is 28.4 Å². The molecule has 0 radical (unpaired) electrons. The van der Waals surface area contributed by atoms with Crippen LogP contribution in [0.1, 0.15) is 12.1 Å². The first kappa shape index (κ1) is 21.7. The Morgan fingerprint density at radius 1 is 0.944 bits per heavy atom. The van der Waals surface area contributed by atoms with Gasteiger partial charge in [-0.15, -0.1) is 0 Å². The van der Waals surface area contributed by atoms with Gasteiger partial charge in [-0.3, -0.25) is 4.79 Å². The number of anilines is 2. The molecule has 9 heteroatoms. The van der Waals surface area contributed by atoms with Crippen LogP contribution in [0.25, 0.3) is 33.4 Å². The Kier molecular flexibility index (Phi) is 5.10. The van der Waals surface area contributed by atoms with E-state index in [4.69, 9.17) is 10.5 Å². The number of benzene rings is 2. The van der Waals surface area contributed by atoms with E-state index in [-0.39, 0.29) is 5.91 Å². The van der Waals surface area contributed by atoms with Gasteiger partial charge in [-0.05, 0) is 48.4 Å². The van der Waals surface area contributed by atoms with Crippen molar-refractivity contribution in [2.45, 2.75) is 13.3 Å². The Labute approximate surface area is 207 Å². The van der Waals surface area contributed by atoms with Gasteiger partial charge < -0.3 is 19.9 Å². The molecule has 2 N–H and O–H groups in total. The third-order valence-electron chi connectivity index (χ3n) is 6.42. The smallest absolute Gasteiger partial charge is 0.322 e. The molecule has 6 rings (SSSR count). The number of β-lactam (4-membered cyclic amide) rings is 1. The average Bonchev–Trinajstić information content (AvgIpc) is 3.17. The number of hydrogen-bond donors (Lipinski definition) is 1. The number of hydrogen-bond acceptors (Lipinski definition) is 7. The molecule has 178 valence electrons. The number of carbonyl (C=O) groups is 1. The van der Waals surface area contributed by atoms with E-state index in [0.717, 1.165) is 51.3 Å². The van der Waals surface area contributed by atoms with E-state index < -0.39 is 0 Å². The lowest BCUT2D eigenvalue weighted by Gasteiger charge is -2.30. The van der Waals surface area contributed by atoms with Gasteiger partial charge in [-0.1, -0.05) is 24.3 Å². The standard InChI is InChI=1S/C27H23N7O2/c1-16-11-13-29-27(32-16)36-20-9-5-17(6-10-20)22-23-25(28)30-15-31-26(23)33(2)24(22)18-3-7-19(8-4-18)34-14-12-21(34)35/h3-11,13,15H,12,14H2,1-2H3,(H2,28,30,31). The molecule has 0 bridgehead atoms. The minimum absolute atomic E-state index is 0.148. The van der Waals surface area contributed by atoms with Crippen LogP contribution in [0.15, 0.2) is 67.1 Å². The minimum atomic E-state index is 0.148. The van der Waals surface area contributed by atoms with Crippen LogP contribution in [-0.2, 0) is 11.8 Å².